The summed E-state index contributed by atoms with van der Waals surface area (Å²) in [5.41, 5.74) is 0.490. The van der Waals surface area contributed by atoms with Crippen molar-refractivity contribution in [2.45, 2.75) is 24.2 Å². The van der Waals surface area contributed by atoms with Gasteiger partial charge in [-0.2, -0.15) is 0 Å². The summed E-state index contributed by atoms with van der Waals surface area (Å²) in [6.07, 6.45) is 0.259. The zero-order valence-electron chi connectivity index (χ0n) is 16.7. The van der Waals surface area contributed by atoms with Gasteiger partial charge in [-0.1, -0.05) is 29.4 Å². The maximum Gasteiger partial charge on any atom is 0.322 e. The fraction of sp³-hybridized carbons (Fsp3) is 0.190. The van der Waals surface area contributed by atoms with Crippen LogP contribution in [0.3, 0.4) is 0 Å². The summed E-state index contributed by atoms with van der Waals surface area (Å²) in [5, 5.41) is 9.91. The third-order valence-electron chi connectivity index (χ3n) is 4.79. The number of hydrogen-bond donors (Lipinski definition) is 1. The van der Waals surface area contributed by atoms with Crippen LogP contribution in [0.2, 0.25) is 0 Å². The van der Waals surface area contributed by atoms with Gasteiger partial charge < -0.3 is 4.42 Å². The molecule has 1 aromatic heterocycles. The van der Waals surface area contributed by atoms with E-state index in [1.807, 2.05) is 0 Å². The molecule has 0 bridgehead atoms. The summed E-state index contributed by atoms with van der Waals surface area (Å²) in [6.45, 7) is 0. The zero-order valence-corrected chi connectivity index (χ0v) is 17.5. The van der Waals surface area contributed by atoms with Gasteiger partial charge in [0.2, 0.25) is 17.7 Å². The van der Waals surface area contributed by atoms with E-state index in [1.54, 1.807) is 30.3 Å². The molecule has 11 heteroatoms. The first-order chi connectivity index (χ1) is 15.3. The van der Waals surface area contributed by atoms with Gasteiger partial charge in [0, 0.05) is 24.8 Å². The summed E-state index contributed by atoms with van der Waals surface area (Å²) in [5.74, 6) is -1.40. The average molecular weight is 454 g/mol. The summed E-state index contributed by atoms with van der Waals surface area (Å²) in [4.78, 5) is 37.6. The van der Waals surface area contributed by atoms with Gasteiger partial charge in [0.15, 0.2) is 9.84 Å². The highest BCUT2D eigenvalue weighted by Crippen LogP contribution is 2.24. The molecule has 0 radical (unpaired) electrons. The van der Waals surface area contributed by atoms with Crippen LogP contribution in [0.4, 0.5) is 11.7 Å². The molecule has 0 aliphatic carbocycles. The second-order valence-electron chi connectivity index (χ2n) is 7.01. The molecule has 2 heterocycles. The molecule has 3 aromatic rings. The van der Waals surface area contributed by atoms with Crippen molar-refractivity contribution in [1.29, 1.82) is 0 Å². The van der Waals surface area contributed by atoms with Gasteiger partial charge >= 0.3 is 6.01 Å². The second kappa shape index (κ2) is 8.71. The number of carbonyl (C=O) groups is 3. The first-order valence-corrected chi connectivity index (χ1v) is 11.4. The molecule has 4 rings (SSSR count). The molecule has 2 aromatic carbocycles. The number of rotatable bonds is 7. The molecule has 0 spiro atoms. The maximum absolute atomic E-state index is 12.5. The lowest BCUT2D eigenvalue weighted by molar-refractivity contribution is -0.121. The van der Waals surface area contributed by atoms with E-state index in [0.717, 1.165) is 4.90 Å². The van der Waals surface area contributed by atoms with Gasteiger partial charge in [0.25, 0.3) is 5.91 Å². The molecule has 3 amide bonds. The van der Waals surface area contributed by atoms with Crippen LogP contribution in [0.1, 0.15) is 29.1 Å². The number of amides is 3. The highest BCUT2D eigenvalue weighted by Gasteiger charge is 2.30. The molecule has 0 unspecified atom stereocenters. The lowest BCUT2D eigenvalue weighted by atomic mass is 10.2. The van der Waals surface area contributed by atoms with Gasteiger partial charge in [0.1, 0.15) is 0 Å². The number of nitrogens with one attached hydrogen (secondary N) is 1. The number of aryl methyl sites for hydroxylation is 1. The van der Waals surface area contributed by atoms with E-state index in [9.17, 15) is 22.8 Å². The van der Waals surface area contributed by atoms with Gasteiger partial charge in [-0.25, -0.2) is 8.42 Å². The van der Waals surface area contributed by atoms with E-state index in [4.69, 9.17) is 4.42 Å². The summed E-state index contributed by atoms with van der Waals surface area (Å²) < 4.78 is 30.0. The van der Waals surface area contributed by atoms with E-state index in [2.05, 4.69) is 15.5 Å². The SMILES string of the molecule is O=C(Nc1nnc(CCS(=O)(=O)c2ccccc2)o1)c1cccc(N2C(=O)CCC2=O)c1. The number of anilines is 2. The predicted molar refractivity (Wildman–Crippen MR) is 113 cm³/mol. The Bertz CT molecular complexity index is 1270. The van der Waals surface area contributed by atoms with Crippen molar-refractivity contribution in [3.8, 4) is 0 Å². The van der Waals surface area contributed by atoms with Crippen molar-refractivity contribution in [1.82, 2.24) is 10.2 Å². The fourth-order valence-electron chi connectivity index (χ4n) is 3.19. The topological polar surface area (TPSA) is 140 Å². The van der Waals surface area contributed by atoms with E-state index in [1.165, 1.54) is 24.3 Å². The Morgan fingerprint density at radius 2 is 1.72 bits per heavy atom. The quantitative estimate of drug-likeness (QED) is 0.535. The molecule has 164 valence electrons. The van der Waals surface area contributed by atoms with Gasteiger partial charge in [-0.3, -0.25) is 24.6 Å². The van der Waals surface area contributed by atoms with Crippen LogP contribution in [0.15, 0.2) is 63.9 Å². The summed E-state index contributed by atoms with van der Waals surface area (Å²) >= 11 is 0. The van der Waals surface area contributed by atoms with Gasteiger partial charge in [0.05, 0.1) is 16.3 Å². The molecule has 32 heavy (non-hydrogen) atoms. The zero-order chi connectivity index (χ0) is 22.7. The Morgan fingerprint density at radius 3 is 2.44 bits per heavy atom. The molecule has 0 saturated carbocycles. The van der Waals surface area contributed by atoms with E-state index in [0.29, 0.717) is 5.69 Å². The number of aromatic nitrogens is 2. The Kier molecular flexibility index (Phi) is 5.82. The number of hydrogen-bond acceptors (Lipinski definition) is 8. The van der Waals surface area contributed by atoms with E-state index in [-0.39, 0.29) is 59.2 Å². The standard InChI is InChI=1S/C21H18N4O6S/c26-18-9-10-19(27)25(18)15-6-4-5-14(13-15)20(28)22-21-24-23-17(31-21)11-12-32(29,30)16-7-2-1-3-8-16/h1-8,13H,9-12H2,(H,22,24,28). The van der Waals surface area contributed by atoms with Crippen molar-refractivity contribution >= 4 is 39.3 Å². The lowest BCUT2D eigenvalue weighted by Gasteiger charge is -2.14. The van der Waals surface area contributed by atoms with Crippen molar-refractivity contribution in [3.05, 3.63) is 66.1 Å². The maximum atomic E-state index is 12.5. The number of imide groups is 1. The van der Waals surface area contributed by atoms with Crippen molar-refractivity contribution in [3.63, 3.8) is 0 Å². The third kappa shape index (κ3) is 4.57. The molecule has 1 fully saturated rings. The molecule has 10 nitrogen and oxygen atoms in total. The third-order valence-corrected chi connectivity index (χ3v) is 6.52. The molecule has 0 atom stereocenters. The largest absolute Gasteiger partial charge is 0.408 e. The highest BCUT2D eigenvalue weighted by atomic mass is 32.2. The normalized spacial score (nSPS) is 14.1. The van der Waals surface area contributed by atoms with Crippen LogP contribution in [0, 0.1) is 0 Å². The van der Waals surface area contributed by atoms with Crippen LogP contribution >= 0.6 is 0 Å². The van der Waals surface area contributed by atoms with E-state index >= 15 is 0 Å². The van der Waals surface area contributed by atoms with E-state index < -0.39 is 15.7 Å². The number of sulfone groups is 1. The lowest BCUT2D eigenvalue weighted by Crippen LogP contribution is -2.28. The molecule has 1 N–H and O–H groups in total. The molecular weight excluding hydrogens is 436 g/mol. The minimum Gasteiger partial charge on any atom is -0.408 e. The summed E-state index contributed by atoms with van der Waals surface area (Å²) in [6, 6.07) is 13.9. The monoisotopic (exact) mass is 454 g/mol. The average Bonchev–Trinajstić information content (AvgIpc) is 3.38. The molecular formula is C21H18N4O6S. The molecule has 1 aliphatic heterocycles. The predicted octanol–water partition coefficient (Wildman–Crippen LogP) is 1.99. The molecule has 1 saturated heterocycles. The van der Waals surface area contributed by atoms with Gasteiger partial charge in [-0.05, 0) is 30.3 Å². The summed E-state index contributed by atoms with van der Waals surface area (Å²) in [7, 11) is -3.51. The number of nitrogens with zero attached hydrogens (tertiary/aromatic N) is 3. The number of carbonyl (C=O) groups excluding carboxylic acids is 3. The first-order valence-electron chi connectivity index (χ1n) is 9.71. The second-order valence-corrected chi connectivity index (χ2v) is 9.12. The molecule has 1 aliphatic rings. The Labute approximate surface area is 183 Å². The van der Waals surface area contributed by atoms with Crippen molar-refractivity contribution < 1.29 is 27.2 Å². The van der Waals surface area contributed by atoms with Crippen LogP contribution in [-0.2, 0) is 25.8 Å². The fourth-order valence-corrected chi connectivity index (χ4v) is 4.44. The Balaban J connectivity index is 1.41. The minimum absolute atomic E-state index is 0.0191. The van der Waals surface area contributed by atoms with Gasteiger partial charge in [-0.15, -0.1) is 5.10 Å². The first kappa shape index (κ1) is 21.4. The van der Waals surface area contributed by atoms with Crippen LogP contribution < -0.4 is 10.2 Å². The Morgan fingerprint density at radius 1 is 1.00 bits per heavy atom. The van der Waals surface area contributed by atoms with Crippen LogP contribution in [-0.4, -0.2) is 42.1 Å². The minimum atomic E-state index is -3.51. The van der Waals surface area contributed by atoms with Crippen molar-refractivity contribution in [2.24, 2.45) is 0 Å². The Hall–Kier alpha value is -3.86. The van der Waals surface area contributed by atoms with Crippen molar-refractivity contribution in [2.75, 3.05) is 16.0 Å². The smallest absolute Gasteiger partial charge is 0.322 e. The number of benzene rings is 2. The van der Waals surface area contributed by atoms with Crippen LogP contribution in [0.25, 0.3) is 0 Å². The van der Waals surface area contributed by atoms with Crippen LogP contribution in [0.5, 0.6) is 0 Å². The highest BCUT2D eigenvalue weighted by molar-refractivity contribution is 7.91.